The third-order valence-corrected chi connectivity index (χ3v) is 11.0. The summed E-state index contributed by atoms with van der Waals surface area (Å²) in [6.07, 6.45) is 2.17. The van der Waals surface area contributed by atoms with Crippen LogP contribution in [0.2, 0.25) is 0 Å². The Morgan fingerprint density at radius 1 is 1.00 bits per heavy atom. The van der Waals surface area contributed by atoms with Gasteiger partial charge in [0, 0.05) is 0 Å². The van der Waals surface area contributed by atoms with Gasteiger partial charge in [0.15, 0.2) is 0 Å². The van der Waals surface area contributed by atoms with Gasteiger partial charge < -0.3 is 0 Å². The molecule has 11 heavy (non-hydrogen) atoms. The fraction of sp³-hybridized carbons (Fsp3) is 1.00. The maximum atomic E-state index is 5.64. The summed E-state index contributed by atoms with van der Waals surface area (Å²) in [7, 11) is 0. The molecule has 0 fully saturated rings. The van der Waals surface area contributed by atoms with Crippen LogP contribution in [0, 0.1) is 0 Å². The number of halogens is 2. The van der Waals surface area contributed by atoms with Crippen LogP contribution in [0.25, 0.3) is 0 Å². The van der Waals surface area contributed by atoms with E-state index in [1.54, 1.807) is 0 Å². The Bertz CT molecular complexity index is 90.6. The van der Waals surface area contributed by atoms with Gasteiger partial charge in [-0.2, -0.15) is 0 Å². The van der Waals surface area contributed by atoms with Gasteiger partial charge in [0.1, 0.15) is 0 Å². The van der Waals surface area contributed by atoms with E-state index in [2.05, 4.69) is 49.9 Å². The standard InChI is InChI=1S/2C3H7O.2HI.Zr/c2*1-2-3-4;;;/h2*2-3H2,1H3;2*1H;/q2*-1;;;+4/p-2. The van der Waals surface area contributed by atoms with Gasteiger partial charge >= 0.3 is 94.4 Å². The van der Waals surface area contributed by atoms with Gasteiger partial charge in [0.05, 0.1) is 0 Å². The van der Waals surface area contributed by atoms with Crippen LogP contribution in [0.5, 0.6) is 0 Å². The van der Waals surface area contributed by atoms with Crippen molar-refractivity contribution in [3.63, 3.8) is 0 Å². The molecule has 0 rings (SSSR count). The molecule has 0 aromatic carbocycles. The molecule has 0 saturated carbocycles. The molecule has 0 bridgehead atoms. The monoisotopic (exact) mass is 462 g/mol. The molecule has 0 saturated heterocycles. The molecular weight excluding hydrogens is 449 g/mol. The van der Waals surface area contributed by atoms with Gasteiger partial charge in [-0.15, -0.1) is 0 Å². The summed E-state index contributed by atoms with van der Waals surface area (Å²) in [5.74, 6) is 0. The van der Waals surface area contributed by atoms with Gasteiger partial charge in [0.25, 0.3) is 0 Å². The zero-order chi connectivity index (χ0) is 8.74. The van der Waals surface area contributed by atoms with Gasteiger partial charge in [0.2, 0.25) is 0 Å². The van der Waals surface area contributed by atoms with Crippen LogP contribution >= 0.6 is 36.1 Å². The van der Waals surface area contributed by atoms with Gasteiger partial charge in [-0.3, -0.25) is 0 Å². The molecule has 0 aromatic rings. The third kappa shape index (κ3) is 8.59. The third-order valence-electron chi connectivity index (χ3n) is 0.948. The van der Waals surface area contributed by atoms with Crippen LogP contribution in [0.15, 0.2) is 0 Å². The van der Waals surface area contributed by atoms with Crippen molar-refractivity contribution in [1.82, 2.24) is 0 Å². The second-order valence-corrected chi connectivity index (χ2v) is 34.9. The second-order valence-electron chi connectivity index (χ2n) is 2.16. The summed E-state index contributed by atoms with van der Waals surface area (Å²) in [5, 5.41) is 0. The van der Waals surface area contributed by atoms with Crippen molar-refractivity contribution >= 4 is 36.1 Å². The number of hydrogen-bond acceptors (Lipinski definition) is 2. The van der Waals surface area contributed by atoms with Crippen LogP contribution in [0.3, 0.4) is 0 Å². The molecular formula is C6H14I2O2Zr. The van der Waals surface area contributed by atoms with Crippen LogP contribution in [-0.4, -0.2) is 13.2 Å². The minimum absolute atomic E-state index is 0.853. The van der Waals surface area contributed by atoms with E-state index >= 15 is 0 Å². The van der Waals surface area contributed by atoms with E-state index in [0.717, 1.165) is 26.1 Å². The van der Waals surface area contributed by atoms with Crippen molar-refractivity contribution in [2.24, 2.45) is 0 Å². The molecule has 0 aliphatic rings. The van der Waals surface area contributed by atoms with E-state index in [-0.39, 0.29) is 0 Å². The van der Waals surface area contributed by atoms with E-state index in [1.807, 2.05) is 0 Å². The fourth-order valence-electron chi connectivity index (χ4n) is 0.483. The molecule has 0 aliphatic heterocycles. The summed E-state index contributed by atoms with van der Waals surface area (Å²) in [5.41, 5.74) is 0. The first-order valence-corrected chi connectivity index (χ1v) is 20.4. The van der Waals surface area contributed by atoms with E-state index in [9.17, 15) is 0 Å². The first-order chi connectivity index (χ1) is 5.12. The molecule has 0 aliphatic carbocycles. The fourth-order valence-corrected chi connectivity index (χ4v) is 8.07. The van der Waals surface area contributed by atoms with E-state index in [4.69, 9.17) is 5.63 Å². The number of rotatable bonds is 6. The van der Waals surface area contributed by atoms with E-state index < -0.39 is 12.8 Å². The molecule has 2 nitrogen and oxygen atoms in total. The predicted molar refractivity (Wildman–Crippen MR) is 60.5 cm³/mol. The van der Waals surface area contributed by atoms with Gasteiger partial charge in [-0.25, -0.2) is 0 Å². The van der Waals surface area contributed by atoms with Crippen molar-refractivity contribution in [3.05, 3.63) is 0 Å². The van der Waals surface area contributed by atoms with Crippen molar-refractivity contribution in [1.29, 1.82) is 0 Å². The van der Waals surface area contributed by atoms with Crippen LogP contribution in [0.4, 0.5) is 0 Å². The van der Waals surface area contributed by atoms with Gasteiger partial charge in [-0.05, 0) is 0 Å². The molecule has 5 heteroatoms. The molecule has 0 heterocycles. The summed E-state index contributed by atoms with van der Waals surface area (Å²) >= 11 is 2.25. The Morgan fingerprint density at radius 2 is 1.36 bits per heavy atom. The first kappa shape index (κ1) is 13.3. The molecule has 0 amide bonds. The van der Waals surface area contributed by atoms with E-state index in [1.165, 1.54) is 0 Å². The average molecular weight is 463 g/mol. The predicted octanol–water partition coefficient (Wildman–Crippen LogP) is 3.52. The van der Waals surface area contributed by atoms with E-state index in [0.29, 0.717) is 0 Å². The minimum atomic E-state index is -2.50. The van der Waals surface area contributed by atoms with Crippen LogP contribution in [-0.2, 0) is 18.4 Å². The summed E-state index contributed by atoms with van der Waals surface area (Å²) in [6, 6.07) is 0. The van der Waals surface area contributed by atoms with Crippen LogP contribution in [0.1, 0.15) is 26.7 Å². The SMILES string of the molecule is CCC[O][Zr]([I])([I])[O]CCC. The zero-order valence-corrected chi connectivity index (χ0v) is 13.7. The summed E-state index contributed by atoms with van der Waals surface area (Å²) in [4.78, 5) is 0. The van der Waals surface area contributed by atoms with Crippen molar-refractivity contribution < 1.29 is 18.4 Å². The van der Waals surface area contributed by atoms with Crippen molar-refractivity contribution in [2.75, 3.05) is 13.2 Å². The molecule has 0 unspecified atom stereocenters. The molecule has 68 valence electrons. The Labute approximate surface area is 92.8 Å². The maximum absolute atomic E-state index is 5.64. The molecule has 0 radical (unpaired) electrons. The Kier molecular flexibility index (Phi) is 9.22. The normalized spacial score (nSPS) is 12.0. The average Bonchev–Trinajstić information content (AvgIpc) is 1.97. The van der Waals surface area contributed by atoms with Crippen molar-refractivity contribution in [2.45, 2.75) is 26.7 Å². The Hall–Kier alpha value is 2.26. The van der Waals surface area contributed by atoms with Gasteiger partial charge in [-0.1, -0.05) is 0 Å². The van der Waals surface area contributed by atoms with Crippen molar-refractivity contribution in [3.8, 4) is 0 Å². The summed E-state index contributed by atoms with van der Waals surface area (Å²) < 4.78 is 11.3. The molecule has 0 N–H and O–H groups in total. The number of hydrogen-bond donors (Lipinski definition) is 0. The Morgan fingerprint density at radius 3 is 1.64 bits per heavy atom. The first-order valence-electron chi connectivity index (χ1n) is 3.78. The molecule has 0 aromatic heterocycles. The van der Waals surface area contributed by atoms with Crippen LogP contribution < -0.4 is 0 Å². The zero-order valence-electron chi connectivity index (χ0n) is 6.90. The topological polar surface area (TPSA) is 18.5 Å². The quantitative estimate of drug-likeness (QED) is 0.562. The Balaban J connectivity index is 3.43. The molecule has 0 atom stereocenters. The summed E-state index contributed by atoms with van der Waals surface area (Å²) in [6.45, 7) is 5.95. The molecule has 0 spiro atoms. The second kappa shape index (κ2) is 7.65.